The van der Waals surface area contributed by atoms with E-state index >= 15 is 0 Å². The van der Waals surface area contributed by atoms with Crippen molar-refractivity contribution in [3.05, 3.63) is 94.0 Å². The first-order valence-corrected chi connectivity index (χ1v) is 11.1. The molecule has 3 aromatic carbocycles. The monoisotopic (exact) mass is 478 g/mol. The lowest BCUT2D eigenvalue weighted by atomic mass is 9.99. The second kappa shape index (κ2) is 9.97. The van der Waals surface area contributed by atoms with E-state index in [4.69, 9.17) is 21.1 Å². The lowest BCUT2D eigenvalue weighted by Gasteiger charge is -2.15. The van der Waals surface area contributed by atoms with Crippen molar-refractivity contribution in [1.82, 2.24) is 10.7 Å². The summed E-state index contributed by atoms with van der Waals surface area (Å²) in [7, 11) is 3.13. The number of hydrogen-bond acceptors (Lipinski definition) is 4. The Morgan fingerprint density at radius 2 is 1.76 bits per heavy atom. The smallest absolute Gasteiger partial charge is 0.304 e. The van der Waals surface area contributed by atoms with Crippen molar-refractivity contribution in [3.63, 3.8) is 0 Å². The molecule has 1 aliphatic rings. The molecular weight excluding hydrogens is 454 g/mol. The summed E-state index contributed by atoms with van der Waals surface area (Å²) in [6.45, 7) is 1.91. The molecule has 3 aromatic rings. The van der Waals surface area contributed by atoms with Crippen LogP contribution in [0.25, 0.3) is 0 Å². The number of nitrogens with one attached hydrogen (secondary N) is 2. The Morgan fingerprint density at radius 3 is 2.44 bits per heavy atom. The number of ether oxygens (including phenoxy) is 2. The van der Waals surface area contributed by atoms with Gasteiger partial charge in [0.25, 0.3) is 5.91 Å². The second-order valence-corrected chi connectivity index (χ2v) is 8.38. The third kappa shape index (κ3) is 4.89. The number of rotatable bonds is 6. The molecule has 0 radical (unpaired) electrons. The van der Waals surface area contributed by atoms with Gasteiger partial charge >= 0.3 is 5.91 Å². The van der Waals surface area contributed by atoms with Gasteiger partial charge in [0, 0.05) is 21.7 Å². The number of methoxy groups -OCH3 is 2. The number of halogens is 1. The van der Waals surface area contributed by atoms with Crippen molar-refractivity contribution in [2.75, 3.05) is 14.2 Å². The summed E-state index contributed by atoms with van der Waals surface area (Å²) in [5, 5.41) is 3.48. The normalized spacial score (nSPS) is 18.5. The Hall–Kier alpha value is -3.84. The van der Waals surface area contributed by atoms with Crippen LogP contribution in [0.2, 0.25) is 5.02 Å². The van der Waals surface area contributed by atoms with Crippen LogP contribution in [0.1, 0.15) is 33.1 Å². The minimum atomic E-state index is -0.828. The molecule has 1 saturated heterocycles. The predicted molar refractivity (Wildman–Crippen MR) is 130 cm³/mol. The molecular formula is C26H25ClN3O4+. The number of carbonyl (C=O) groups is 2. The van der Waals surface area contributed by atoms with Gasteiger partial charge in [-0.05, 0) is 49.4 Å². The van der Waals surface area contributed by atoms with Gasteiger partial charge in [0.2, 0.25) is 12.3 Å². The molecule has 1 fully saturated rings. The van der Waals surface area contributed by atoms with Crippen LogP contribution in [0.4, 0.5) is 0 Å². The van der Waals surface area contributed by atoms with E-state index in [-0.39, 0.29) is 11.8 Å². The highest BCUT2D eigenvalue weighted by Crippen LogP contribution is 2.29. The first-order chi connectivity index (χ1) is 16.4. The summed E-state index contributed by atoms with van der Waals surface area (Å²) in [5.41, 5.74) is 5.91. The maximum atomic E-state index is 13.0. The van der Waals surface area contributed by atoms with E-state index in [9.17, 15) is 9.59 Å². The van der Waals surface area contributed by atoms with Crippen molar-refractivity contribution < 1.29 is 23.7 Å². The van der Waals surface area contributed by atoms with Crippen molar-refractivity contribution in [1.29, 1.82) is 0 Å². The molecule has 34 heavy (non-hydrogen) atoms. The second-order valence-electron chi connectivity index (χ2n) is 7.94. The molecule has 1 aliphatic heterocycles. The number of hydrazine groups is 1. The lowest BCUT2D eigenvalue weighted by molar-refractivity contribution is -0.596. The van der Waals surface area contributed by atoms with E-state index in [1.807, 2.05) is 43.3 Å². The van der Waals surface area contributed by atoms with Gasteiger partial charge in [-0.15, -0.1) is 10.1 Å². The molecule has 2 amide bonds. The Balaban J connectivity index is 1.72. The van der Waals surface area contributed by atoms with Crippen LogP contribution in [0.3, 0.4) is 0 Å². The average molecular weight is 479 g/mol. The molecule has 0 bridgehead atoms. The number of hydrazone groups is 1. The third-order valence-electron chi connectivity index (χ3n) is 5.61. The SMILES string of the molecule is COc1ccc(/C=[N+]2\NC(=O)[C@@H](NC(=O)c3cccc(C)c3)[C@@H]2c2ccc(Cl)cc2)cc1OC. The molecule has 1 heterocycles. The molecule has 2 N–H and O–H groups in total. The molecule has 7 nitrogen and oxygen atoms in total. The number of benzene rings is 3. The topological polar surface area (TPSA) is 79.7 Å². The molecule has 0 saturated carbocycles. The minimum absolute atomic E-state index is 0.322. The summed E-state index contributed by atoms with van der Waals surface area (Å²) in [4.78, 5) is 26.0. The number of nitrogens with zero attached hydrogens (tertiary/aromatic N) is 1. The molecule has 0 aromatic heterocycles. The number of hydrogen-bond donors (Lipinski definition) is 2. The highest BCUT2D eigenvalue weighted by Gasteiger charge is 2.47. The van der Waals surface area contributed by atoms with Gasteiger partial charge in [-0.1, -0.05) is 41.4 Å². The molecule has 174 valence electrons. The maximum absolute atomic E-state index is 13.0. The van der Waals surface area contributed by atoms with Crippen LogP contribution in [0.15, 0.2) is 66.7 Å². The maximum Gasteiger partial charge on any atom is 0.304 e. The van der Waals surface area contributed by atoms with Gasteiger partial charge in [-0.2, -0.15) is 0 Å². The summed E-state index contributed by atoms with van der Waals surface area (Å²) in [6, 6.07) is 18.5. The lowest BCUT2D eigenvalue weighted by Crippen LogP contribution is -2.42. The van der Waals surface area contributed by atoms with Crippen molar-refractivity contribution in [2.24, 2.45) is 0 Å². The summed E-state index contributed by atoms with van der Waals surface area (Å²) < 4.78 is 12.4. The van der Waals surface area contributed by atoms with Gasteiger partial charge in [0.05, 0.1) is 14.2 Å². The highest BCUT2D eigenvalue weighted by molar-refractivity contribution is 6.30. The standard InChI is InChI=1S/C26H24ClN3O4/c1-16-5-4-6-19(13-16)25(31)28-23-24(18-8-10-20(27)11-9-18)30(29-26(23)32)15-17-7-12-21(33-2)22(14-17)34-3/h4-15,23-24H,1-3H3,(H-,28,29,31,32)/p+1/b30-15-/t23-,24-/m0/s1. The number of carbonyl (C=O) groups excluding carboxylic acids is 2. The molecule has 4 rings (SSSR count). The first-order valence-electron chi connectivity index (χ1n) is 10.7. The van der Waals surface area contributed by atoms with E-state index in [2.05, 4.69) is 10.7 Å². The fraction of sp³-hybridized carbons (Fsp3) is 0.192. The molecule has 2 atom stereocenters. The van der Waals surface area contributed by atoms with Crippen LogP contribution < -0.4 is 20.2 Å². The summed E-state index contributed by atoms with van der Waals surface area (Å²) in [6.07, 6.45) is 1.79. The zero-order valence-electron chi connectivity index (χ0n) is 19.0. The first kappa shape index (κ1) is 23.3. The van der Waals surface area contributed by atoms with Gasteiger partial charge in [0.1, 0.15) is 0 Å². The molecule has 0 aliphatic carbocycles. The molecule has 0 unspecified atom stereocenters. The van der Waals surface area contributed by atoms with Gasteiger partial charge < -0.3 is 14.8 Å². The predicted octanol–water partition coefficient (Wildman–Crippen LogP) is 3.68. The zero-order valence-corrected chi connectivity index (χ0v) is 19.8. The highest BCUT2D eigenvalue weighted by atomic mass is 35.5. The van der Waals surface area contributed by atoms with Gasteiger partial charge in [0.15, 0.2) is 17.5 Å². The Morgan fingerprint density at radius 1 is 1.03 bits per heavy atom. The number of amides is 2. The van der Waals surface area contributed by atoms with E-state index < -0.39 is 12.1 Å². The van der Waals surface area contributed by atoms with E-state index in [1.165, 1.54) is 0 Å². The number of aryl methyl sites for hydroxylation is 1. The van der Waals surface area contributed by atoms with Gasteiger partial charge in [-0.3, -0.25) is 9.59 Å². The zero-order chi connectivity index (χ0) is 24.2. The molecule has 0 spiro atoms. The van der Waals surface area contributed by atoms with Crippen LogP contribution in [0, 0.1) is 6.92 Å². The van der Waals surface area contributed by atoms with Crippen molar-refractivity contribution in [2.45, 2.75) is 19.0 Å². The fourth-order valence-electron chi connectivity index (χ4n) is 3.94. The van der Waals surface area contributed by atoms with Crippen LogP contribution >= 0.6 is 11.6 Å². The minimum Gasteiger partial charge on any atom is -0.493 e. The van der Waals surface area contributed by atoms with Crippen molar-refractivity contribution >= 4 is 29.6 Å². The Kier molecular flexibility index (Phi) is 6.84. The Labute approximate surface area is 202 Å². The van der Waals surface area contributed by atoms with E-state index in [1.54, 1.807) is 55.5 Å². The largest absolute Gasteiger partial charge is 0.493 e. The van der Waals surface area contributed by atoms with E-state index in [0.717, 1.165) is 16.7 Å². The third-order valence-corrected chi connectivity index (χ3v) is 5.86. The van der Waals surface area contributed by atoms with Crippen molar-refractivity contribution in [3.8, 4) is 11.5 Å². The Bertz CT molecular complexity index is 1260. The van der Waals surface area contributed by atoms with Crippen LogP contribution in [-0.2, 0) is 4.79 Å². The average Bonchev–Trinajstić information content (AvgIpc) is 3.13. The van der Waals surface area contributed by atoms with E-state index in [0.29, 0.717) is 22.1 Å². The van der Waals surface area contributed by atoms with Crippen LogP contribution in [-0.4, -0.2) is 43.0 Å². The quantitative estimate of drug-likeness (QED) is 0.530. The summed E-state index contributed by atoms with van der Waals surface area (Å²) >= 11 is 6.09. The molecule has 8 heteroatoms. The van der Waals surface area contributed by atoms with Crippen LogP contribution in [0.5, 0.6) is 11.5 Å². The summed E-state index contributed by atoms with van der Waals surface area (Å²) in [5.74, 6) is 0.519. The fourth-order valence-corrected chi connectivity index (χ4v) is 4.07. The van der Waals surface area contributed by atoms with Gasteiger partial charge in [-0.25, -0.2) is 0 Å².